The molecule has 0 unspecified atom stereocenters. The first kappa shape index (κ1) is 29.5. The van der Waals surface area contributed by atoms with Crippen LogP contribution in [0.3, 0.4) is 0 Å². The van der Waals surface area contributed by atoms with Gasteiger partial charge in [-0.3, -0.25) is 0 Å². The maximum atomic E-state index is 5.33. The molecule has 1 aliphatic rings. The second kappa shape index (κ2) is 11.3. The molecule has 0 bridgehead atoms. The van der Waals surface area contributed by atoms with Crippen LogP contribution in [0.1, 0.15) is 25.0 Å². The van der Waals surface area contributed by atoms with Crippen LogP contribution in [-0.4, -0.2) is 9.97 Å². The quantitative estimate of drug-likeness (QED) is 0.189. The third-order valence-electron chi connectivity index (χ3n) is 10.9. The van der Waals surface area contributed by atoms with Crippen LogP contribution in [0.4, 0.5) is 0 Å². The fourth-order valence-corrected chi connectivity index (χ4v) is 8.41. The lowest BCUT2D eigenvalue weighted by Crippen LogP contribution is -2.14. The van der Waals surface area contributed by atoms with Crippen LogP contribution in [0.25, 0.3) is 88.5 Å². The van der Waals surface area contributed by atoms with E-state index in [0.717, 1.165) is 39.3 Å². The number of rotatable bonds is 4. The minimum absolute atomic E-state index is 0.107. The fourth-order valence-electron chi connectivity index (χ4n) is 8.41. The molecule has 9 aromatic rings. The van der Waals surface area contributed by atoms with E-state index in [1.807, 2.05) is 6.07 Å². The molecule has 10 rings (SSSR count). The third-order valence-corrected chi connectivity index (χ3v) is 10.9. The Labute approximate surface area is 297 Å². The Morgan fingerprint density at radius 3 is 1.75 bits per heavy atom. The van der Waals surface area contributed by atoms with Gasteiger partial charge in [0.2, 0.25) is 0 Å². The number of hydrogen-bond acceptors (Lipinski definition) is 2. The van der Waals surface area contributed by atoms with E-state index in [4.69, 9.17) is 9.97 Å². The molecule has 0 fully saturated rings. The molecule has 0 aliphatic heterocycles. The number of aromatic nitrogens is 2. The second-order valence-electron chi connectivity index (χ2n) is 14.1. The van der Waals surface area contributed by atoms with Crippen LogP contribution < -0.4 is 0 Å². The molecule has 1 aromatic heterocycles. The van der Waals surface area contributed by atoms with E-state index in [1.54, 1.807) is 0 Å². The summed E-state index contributed by atoms with van der Waals surface area (Å²) in [7, 11) is 0. The van der Waals surface area contributed by atoms with Crippen molar-refractivity contribution in [2.75, 3.05) is 0 Å². The van der Waals surface area contributed by atoms with Crippen molar-refractivity contribution in [3.63, 3.8) is 0 Å². The normalized spacial score (nSPS) is 13.1. The van der Waals surface area contributed by atoms with Gasteiger partial charge in [-0.2, -0.15) is 0 Å². The van der Waals surface area contributed by atoms with Gasteiger partial charge in [-0.05, 0) is 77.8 Å². The Morgan fingerprint density at radius 2 is 0.941 bits per heavy atom. The van der Waals surface area contributed by atoms with E-state index < -0.39 is 0 Å². The molecule has 0 saturated heterocycles. The molecule has 1 heterocycles. The van der Waals surface area contributed by atoms with Crippen molar-refractivity contribution in [3.05, 3.63) is 181 Å². The van der Waals surface area contributed by atoms with Gasteiger partial charge >= 0.3 is 0 Å². The highest BCUT2D eigenvalue weighted by Crippen LogP contribution is 2.55. The zero-order chi connectivity index (χ0) is 34.1. The summed E-state index contributed by atoms with van der Waals surface area (Å²) >= 11 is 0. The predicted octanol–water partition coefficient (Wildman–Crippen LogP) is 12.9. The first-order valence-electron chi connectivity index (χ1n) is 17.7. The average molecular weight is 651 g/mol. The van der Waals surface area contributed by atoms with Gasteiger partial charge < -0.3 is 0 Å². The van der Waals surface area contributed by atoms with Crippen molar-refractivity contribution in [1.82, 2.24) is 9.97 Å². The summed E-state index contributed by atoms with van der Waals surface area (Å²) in [6.07, 6.45) is 0. The Hall–Kier alpha value is -6.38. The van der Waals surface area contributed by atoms with Gasteiger partial charge in [-0.15, -0.1) is 0 Å². The zero-order valence-electron chi connectivity index (χ0n) is 28.6. The molecule has 0 atom stereocenters. The van der Waals surface area contributed by atoms with Crippen LogP contribution in [0.5, 0.6) is 0 Å². The fraction of sp³-hybridized carbons (Fsp3) is 0.0612. The van der Waals surface area contributed by atoms with Crippen molar-refractivity contribution in [2.24, 2.45) is 0 Å². The van der Waals surface area contributed by atoms with Crippen molar-refractivity contribution < 1.29 is 0 Å². The predicted molar refractivity (Wildman–Crippen MR) is 214 cm³/mol. The van der Waals surface area contributed by atoms with Gasteiger partial charge in [0.1, 0.15) is 0 Å². The van der Waals surface area contributed by atoms with Crippen molar-refractivity contribution in [3.8, 4) is 56.2 Å². The van der Waals surface area contributed by atoms with E-state index in [2.05, 4.69) is 178 Å². The highest BCUT2D eigenvalue weighted by Gasteiger charge is 2.38. The summed E-state index contributed by atoms with van der Waals surface area (Å²) in [5.41, 5.74) is 12.8. The van der Waals surface area contributed by atoms with Crippen LogP contribution in [0.15, 0.2) is 170 Å². The molecule has 8 aromatic carbocycles. The Bertz CT molecular complexity index is 2820. The highest BCUT2D eigenvalue weighted by molar-refractivity contribution is 6.11. The monoisotopic (exact) mass is 650 g/mol. The van der Waals surface area contributed by atoms with Crippen molar-refractivity contribution in [2.45, 2.75) is 19.3 Å². The van der Waals surface area contributed by atoms with Gasteiger partial charge in [-0.25, -0.2) is 9.97 Å². The molecule has 2 nitrogen and oxygen atoms in total. The van der Waals surface area contributed by atoms with E-state index in [9.17, 15) is 0 Å². The molecular formula is C49H34N2. The lowest BCUT2D eigenvalue weighted by atomic mass is 9.81. The summed E-state index contributed by atoms with van der Waals surface area (Å²) in [4.78, 5) is 10.6. The van der Waals surface area contributed by atoms with Gasteiger partial charge in [-0.1, -0.05) is 172 Å². The summed E-state index contributed by atoms with van der Waals surface area (Å²) < 4.78 is 0. The van der Waals surface area contributed by atoms with E-state index >= 15 is 0 Å². The van der Waals surface area contributed by atoms with E-state index in [-0.39, 0.29) is 5.41 Å². The number of nitrogens with zero attached hydrogens (tertiary/aromatic N) is 2. The second-order valence-corrected chi connectivity index (χ2v) is 14.1. The number of fused-ring (bicyclic) bond motifs is 7. The summed E-state index contributed by atoms with van der Waals surface area (Å²) in [5.74, 6) is 0.720. The van der Waals surface area contributed by atoms with Gasteiger partial charge in [0, 0.05) is 22.1 Å². The lowest BCUT2D eigenvalue weighted by molar-refractivity contribution is 0.661. The van der Waals surface area contributed by atoms with Crippen LogP contribution in [0.2, 0.25) is 0 Å². The number of hydrogen-bond donors (Lipinski definition) is 0. The van der Waals surface area contributed by atoms with Gasteiger partial charge in [0.25, 0.3) is 0 Å². The standard InChI is InChI=1S/C49H34N2/c1-49(2)42-25-13-24-40(47(42)46-35-20-9-7-15-32(35)26-29-43(46)49)38-27-28-41(37-22-11-10-21-36(37)38)48-50-44(33-16-4-3-5-17-33)30-45(51-48)39-23-12-18-31-14-6-8-19-34(31)39/h3-30H,1-2H3. The molecule has 240 valence electrons. The molecule has 0 radical (unpaired) electrons. The third kappa shape index (κ3) is 4.57. The molecule has 0 amide bonds. The Balaban J connectivity index is 1.22. The first-order valence-corrected chi connectivity index (χ1v) is 17.7. The first-order chi connectivity index (χ1) is 25.1. The van der Waals surface area contributed by atoms with E-state index in [0.29, 0.717) is 0 Å². The van der Waals surface area contributed by atoms with Crippen molar-refractivity contribution >= 4 is 32.3 Å². The van der Waals surface area contributed by atoms with Gasteiger partial charge in [0.15, 0.2) is 5.82 Å². The molecule has 0 spiro atoms. The minimum atomic E-state index is -0.107. The Morgan fingerprint density at radius 1 is 0.373 bits per heavy atom. The highest BCUT2D eigenvalue weighted by atomic mass is 14.9. The summed E-state index contributed by atoms with van der Waals surface area (Å²) in [5, 5.41) is 7.28. The molecular weight excluding hydrogens is 617 g/mol. The average Bonchev–Trinajstić information content (AvgIpc) is 3.43. The molecule has 0 N–H and O–H groups in total. The molecule has 0 saturated carbocycles. The van der Waals surface area contributed by atoms with Gasteiger partial charge in [0.05, 0.1) is 11.4 Å². The van der Waals surface area contributed by atoms with Crippen molar-refractivity contribution in [1.29, 1.82) is 0 Å². The smallest absolute Gasteiger partial charge is 0.161 e. The summed E-state index contributed by atoms with van der Waals surface area (Å²) in [6, 6.07) is 61.1. The zero-order valence-corrected chi connectivity index (χ0v) is 28.6. The topological polar surface area (TPSA) is 25.8 Å². The largest absolute Gasteiger partial charge is 0.228 e. The molecule has 51 heavy (non-hydrogen) atoms. The molecule has 1 aliphatic carbocycles. The summed E-state index contributed by atoms with van der Waals surface area (Å²) in [6.45, 7) is 4.73. The SMILES string of the molecule is CC1(C)c2cccc(-c3ccc(-c4nc(-c5ccccc5)cc(-c5cccc6ccccc56)n4)c4ccccc34)c2-c2c1ccc1ccccc21. The van der Waals surface area contributed by atoms with E-state index in [1.165, 1.54) is 60.3 Å². The minimum Gasteiger partial charge on any atom is -0.228 e. The maximum absolute atomic E-state index is 5.33. The maximum Gasteiger partial charge on any atom is 0.161 e. The Kier molecular flexibility index (Phi) is 6.56. The van der Waals surface area contributed by atoms with Crippen LogP contribution >= 0.6 is 0 Å². The molecule has 2 heteroatoms. The number of benzene rings is 8. The van der Waals surface area contributed by atoms with Crippen LogP contribution in [0, 0.1) is 0 Å². The van der Waals surface area contributed by atoms with Crippen LogP contribution in [-0.2, 0) is 5.41 Å². The lowest BCUT2D eigenvalue weighted by Gasteiger charge is -2.22.